The molecule has 164 valence electrons. The lowest BCUT2D eigenvalue weighted by atomic mass is 10.1. The van der Waals surface area contributed by atoms with Crippen LogP contribution in [0.25, 0.3) is 21.3 Å². The number of aryl methyl sites for hydroxylation is 1. The van der Waals surface area contributed by atoms with Crippen LogP contribution < -0.4 is 5.56 Å². The minimum Gasteiger partial charge on any atom is -0.342 e. The lowest BCUT2D eigenvalue weighted by molar-refractivity contribution is -0.128. The summed E-state index contributed by atoms with van der Waals surface area (Å²) in [6.07, 6.45) is 3.55. The van der Waals surface area contributed by atoms with Crippen molar-refractivity contribution in [2.45, 2.75) is 45.3 Å². The number of allylic oxidation sites excluding steroid dienone is 1. The van der Waals surface area contributed by atoms with Gasteiger partial charge in [0.15, 0.2) is 5.16 Å². The van der Waals surface area contributed by atoms with E-state index in [0.29, 0.717) is 21.9 Å². The maximum absolute atomic E-state index is 13.4. The molecule has 0 aliphatic rings. The summed E-state index contributed by atoms with van der Waals surface area (Å²) in [7, 11) is 0. The van der Waals surface area contributed by atoms with Gasteiger partial charge >= 0.3 is 0 Å². The Balaban J connectivity index is 1.96. The van der Waals surface area contributed by atoms with E-state index < -0.39 is 0 Å². The van der Waals surface area contributed by atoms with Crippen LogP contribution >= 0.6 is 23.1 Å². The Bertz CT molecular complexity index is 1110. The highest BCUT2D eigenvalue weighted by atomic mass is 32.2. The fourth-order valence-corrected chi connectivity index (χ4v) is 5.37. The van der Waals surface area contributed by atoms with Crippen molar-refractivity contribution in [3.05, 3.63) is 58.2 Å². The maximum Gasteiger partial charge on any atom is 0.263 e. The summed E-state index contributed by atoms with van der Waals surface area (Å²) in [6, 6.07) is 8.16. The van der Waals surface area contributed by atoms with Crippen LogP contribution in [-0.2, 0) is 11.3 Å². The summed E-state index contributed by atoms with van der Waals surface area (Å²) < 4.78 is 1.63. The van der Waals surface area contributed by atoms with Gasteiger partial charge in [0.1, 0.15) is 4.83 Å². The second kappa shape index (κ2) is 10.8. The molecule has 3 aromatic rings. The van der Waals surface area contributed by atoms with E-state index in [1.165, 1.54) is 28.7 Å². The number of carbonyl (C=O) groups is 1. The molecule has 3 rings (SSSR count). The van der Waals surface area contributed by atoms with Gasteiger partial charge in [-0.3, -0.25) is 14.2 Å². The van der Waals surface area contributed by atoms with Crippen LogP contribution in [0.3, 0.4) is 0 Å². The second-order valence-corrected chi connectivity index (χ2v) is 9.26. The number of fused-ring (bicyclic) bond motifs is 1. The third kappa shape index (κ3) is 5.28. The number of thioether (sulfide) groups is 1. The lowest BCUT2D eigenvalue weighted by Crippen LogP contribution is -2.34. The Morgan fingerprint density at radius 1 is 1.23 bits per heavy atom. The molecular weight excluding hydrogens is 426 g/mol. The van der Waals surface area contributed by atoms with E-state index in [2.05, 4.69) is 20.4 Å². The van der Waals surface area contributed by atoms with Crippen LogP contribution in [0.1, 0.15) is 32.3 Å². The molecule has 1 amide bonds. The Kier molecular flexibility index (Phi) is 8.09. The molecule has 0 atom stereocenters. The first kappa shape index (κ1) is 23.3. The minimum atomic E-state index is -0.0874. The molecule has 0 fully saturated rings. The Labute approximate surface area is 191 Å². The number of benzene rings is 1. The molecule has 0 N–H and O–H groups in total. The fourth-order valence-electron chi connectivity index (χ4n) is 3.47. The van der Waals surface area contributed by atoms with Crippen LogP contribution in [-0.4, -0.2) is 39.2 Å². The number of rotatable bonds is 10. The van der Waals surface area contributed by atoms with Gasteiger partial charge in [0.25, 0.3) is 5.56 Å². The normalized spacial score (nSPS) is 11.1. The second-order valence-electron chi connectivity index (χ2n) is 7.46. The van der Waals surface area contributed by atoms with E-state index in [4.69, 9.17) is 4.98 Å². The summed E-state index contributed by atoms with van der Waals surface area (Å²) in [4.78, 5) is 33.5. The van der Waals surface area contributed by atoms with Gasteiger partial charge in [-0.2, -0.15) is 0 Å². The van der Waals surface area contributed by atoms with Gasteiger partial charge in [-0.15, -0.1) is 17.9 Å². The minimum absolute atomic E-state index is 0.0831. The van der Waals surface area contributed by atoms with Gasteiger partial charge in [-0.25, -0.2) is 4.98 Å². The zero-order chi connectivity index (χ0) is 22.4. The first-order valence-corrected chi connectivity index (χ1v) is 12.5. The summed E-state index contributed by atoms with van der Waals surface area (Å²) in [5, 5.41) is 3.19. The summed E-state index contributed by atoms with van der Waals surface area (Å²) in [5.74, 6) is 0.352. The number of nitrogens with zero attached hydrogens (tertiary/aromatic N) is 3. The van der Waals surface area contributed by atoms with Gasteiger partial charge < -0.3 is 4.90 Å². The number of amides is 1. The van der Waals surface area contributed by atoms with Crippen LogP contribution in [0.5, 0.6) is 0 Å². The van der Waals surface area contributed by atoms with Crippen molar-refractivity contribution < 1.29 is 4.79 Å². The Morgan fingerprint density at radius 2 is 1.90 bits per heavy atom. The van der Waals surface area contributed by atoms with Crippen molar-refractivity contribution >= 4 is 39.2 Å². The molecule has 7 heteroatoms. The molecule has 0 aliphatic carbocycles. The van der Waals surface area contributed by atoms with E-state index in [1.807, 2.05) is 41.5 Å². The third-order valence-corrected chi connectivity index (χ3v) is 6.83. The predicted octanol–water partition coefficient (Wildman–Crippen LogP) is 5.36. The zero-order valence-corrected chi connectivity index (χ0v) is 20.0. The third-order valence-electron chi connectivity index (χ3n) is 5.00. The van der Waals surface area contributed by atoms with Crippen molar-refractivity contribution in [2.75, 3.05) is 18.8 Å². The van der Waals surface area contributed by atoms with Crippen LogP contribution in [0.2, 0.25) is 0 Å². The van der Waals surface area contributed by atoms with E-state index in [9.17, 15) is 9.59 Å². The van der Waals surface area contributed by atoms with Crippen LogP contribution in [0, 0.1) is 6.92 Å². The molecular formula is C24H29N3O2S2. The average molecular weight is 456 g/mol. The molecule has 0 saturated carbocycles. The molecule has 0 radical (unpaired) electrons. The number of thiophene rings is 1. The van der Waals surface area contributed by atoms with Crippen molar-refractivity contribution in [3.63, 3.8) is 0 Å². The highest BCUT2D eigenvalue weighted by Crippen LogP contribution is 2.32. The van der Waals surface area contributed by atoms with Crippen molar-refractivity contribution in [3.8, 4) is 11.1 Å². The lowest BCUT2D eigenvalue weighted by Gasteiger charge is -2.21. The molecule has 1 aromatic carbocycles. The summed E-state index contributed by atoms with van der Waals surface area (Å²) in [6.45, 7) is 11.9. The van der Waals surface area contributed by atoms with Gasteiger partial charge in [-0.1, -0.05) is 61.5 Å². The number of hydrogen-bond acceptors (Lipinski definition) is 5. The molecule has 0 spiro atoms. The van der Waals surface area contributed by atoms with E-state index in [1.54, 1.807) is 10.6 Å². The smallest absolute Gasteiger partial charge is 0.263 e. The summed E-state index contributed by atoms with van der Waals surface area (Å²) in [5.41, 5.74) is 3.00. The van der Waals surface area contributed by atoms with E-state index in [-0.39, 0.29) is 17.2 Å². The number of carbonyl (C=O) groups excluding carboxylic acids is 1. The molecule has 0 saturated heterocycles. The first-order valence-electron chi connectivity index (χ1n) is 10.6. The molecule has 5 nitrogen and oxygen atoms in total. The van der Waals surface area contributed by atoms with E-state index >= 15 is 0 Å². The Hall–Kier alpha value is -2.38. The van der Waals surface area contributed by atoms with Gasteiger partial charge in [0, 0.05) is 30.6 Å². The molecule has 2 heterocycles. The molecule has 0 aliphatic heterocycles. The molecule has 0 bridgehead atoms. The monoisotopic (exact) mass is 455 g/mol. The van der Waals surface area contributed by atoms with Gasteiger partial charge in [0.05, 0.1) is 11.1 Å². The average Bonchev–Trinajstić information content (AvgIpc) is 3.19. The topological polar surface area (TPSA) is 55.2 Å². The van der Waals surface area contributed by atoms with Crippen LogP contribution in [0.15, 0.2) is 52.3 Å². The van der Waals surface area contributed by atoms with Crippen molar-refractivity contribution in [2.24, 2.45) is 0 Å². The SMILES string of the molecule is C=CCn1c(SCC(=O)N(CCC)CCC)nc2scc(-c3ccc(C)cc3)c2c1=O. The number of aromatic nitrogens is 2. The highest BCUT2D eigenvalue weighted by Gasteiger charge is 2.19. The highest BCUT2D eigenvalue weighted by molar-refractivity contribution is 7.99. The standard InChI is InChI=1S/C24H29N3O2S2/c1-5-12-26(13-6-2)20(28)16-31-24-25-22-21(23(29)27(24)14-7-3)19(15-30-22)18-10-8-17(4)9-11-18/h7-11,15H,3,5-6,12-14,16H2,1-2,4H3. The quantitative estimate of drug-likeness (QED) is 0.235. The fraction of sp³-hybridized carbons (Fsp3) is 0.375. The summed E-state index contributed by atoms with van der Waals surface area (Å²) >= 11 is 2.80. The van der Waals surface area contributed by atoms with Gasteiger partial charge in [-0.05, 0) is 25.3 Å². The number of hydrogen-bond donors (Lipinski definition) is 0. The zero-order valence-electron chi connectivity index (χ0n) is 18.4. The van der Waals surface area contributed by atoms with Crippen molar-refractivity contribution in [1.82, 2.24) is 14.5 Å². The van der Waals surface area contributed by atoms with E-state index in [0.717, 1.165) is 37.1 Å². The van der Waals surface area contributed by atoms with Crippen LogP contribution in [0.4, 0.5) is 0 Å². The predicted molar refractivity (Wildman–Crippen MR) is 132 cm³/mol. The van der Waals surface area contributed by atoms with Gasteiger partial charge in [0.2, 0.25) is 5.91 Å². The van der Waals surface area contributed by atoms with Crippen molar-refractivity contribution in [1.29, 1.82) is 0 Å². The first-order chi connectivity index (χ1) is 15.0. The maximum atomic E-state index is 13.4. The Morgan fingerprint density at radius 3 is 2.52 bits per heavy atom. The molecule has 0 unspecified atom stereocenters. The largest absolute Gasteiger partial charge is 0.342 e. The molecule has 2 aromatic heterocycles. The molecule has 31 heavy (non-hydrogen) atoms.